The summed E-state index contributed by atoms with van der Waals surface area (Å²) in [4.78, 5) is 9.00. The van der Waals surface area contributed by atoms with Crippen molar-refractivity contribution in [3.63, 3.8) is 0 Å². The smallest absolute Gasteiger partial charge is 0.300 e. The van der Waals surface area contributed by atoms with E-state index in [0.29, 0.717) is 6.04 Å². The van der Waals surface area contributed by atoms with Crippen molar-refractivity contribution >= 4 is 5.97 Å². The van der Waals surface area contributed by atoms with Crippen LogP contribution in [0.3, 0.4) is 0 Å². The highest BCUT2D eigenvalue weighted by Crippen LogP contribution is 2.25. The molecule has 0 heterocycles. The molecule has 13 heavy (non-hydrogen) atoms. The molecule has 1 saturated carbocycles. The Morgan fingerprint density at radius 1 is 1.38 bits per heavy atom. The first-order valence-electron chi connectivity index (χ1n) is 4.99. The number of hydrogen-bond acceptors (Lipinski definition) is 2. The molecular weight excluding hydrogens is 166 g/mol. The van der Waals surface area contributed by atoms with Gasteiger partial charge in [0.05, 0.1) is 0 Å². The summed E-state index contributed by atoms with van der Waals surface area (Å²) in [7, 11) is 0. The van der Waals surface area contributed by atoms with Crippen LogP contribution in [0.25, 0.3) is 0 Å². The molecule has 0 aromatic heterocycles. The van der Waals surface area contributed by atoms with Gasteiger partial charge in [-0.2, -0.15) is 0 Å². The summed E-state index contributed by atoms with van der Waals surface area (Å²) in [6, 6.07) is 0.435. The molecule has 0 bridgehead atoms. The Morgan fingerprint density at radius 3 is 2.00 bits per heavy atom. The predicted octanol–water partition coefficient (Wildman–Crippen LogP) is 2.00. The molecule has 1 aliphatic rings. The summed E-state index contributed by atoms with van der Waals surface area (Å²) >= 11 is 0. The second kappa shape index (κ2) is 6.89. The molecule has 3 nitrogen and oxygen atoms in total. The van der Waals surface area contributed by atoms with Crippen LogP contribution in [0.5, 0.6) is 0 Å². The third-order valence-electron chi connectivity index (χ3n) is 2.39. The van der Waals surface area contributed by atoms with Crippen LogP contribution in [0.2, 0.25) is 0 Å². The van der Waals surface area contributed by atoms with Gasteiger partial charge in [-0.15, -0.1) is 0 Å². The quantitative estimate of drug-likeness (QED) is 0.660. The summed E-state index contributed by atoms with van der Waals surface area (Å²) < 4.78 is 0. The lowest BCUT2D eigenvalue weighted by molar-refractivity contribution is -0.134. The number of carboxylic acid groups (broad SMARTS) is 1. The first-order valence-corrected chi connectivity index (χ1v) is 4.99. The average molecular weight is 187 g/mol. The second-order valence-electron chi connectivity index (χ2n) is 3.78. The van der Waals surface area contributed by atoms with Crippen molar-refractivity contribution in [2.45, 2.75) is 52.0 Å². The SMILES string of the molecule is CC(=O)O.CC(N)C1CCCCC1. The van der Waals surface area contributed by atoms with Crippen LogP contribution in [0, 0.1) is 5.92 Å². The first kappa shape index (κ1) is 12.4. The highest BCUT2D eigenvalue weighted by Gasteiger charge is 2.16. The molecule has 0 aromatic rings. The number of rotatable bonds is 1. The average Bonchev–Trinajstić information content (AvgIpc) is 2.05. The van der Waals surface area contributed by atoms with E-state index in [0.717, 1.165) is 12.8 Å². The van der Waals surface area contributed by atoms with E-state index in [2.05, 4.69) is 6.92 Å². The Hall–Kier alpha value is -0.570. The zero-order valence-electron chi connectivity index (χ0n) is 8.62. The van der Waals surface area contributed by atoms with Crippen molar-refractivity contribution in [1.82, 2.24) is 0 Å². The van der Waals surface area contributed by atoms with Gasteiger partial charge in [-0.25, -0.2) is 0 Å². The second-order valence-corrected chi connectivity index (χ2v) is 3.78. The number of hydrogen-bond donors (Lipinski definition) is 2. The van der Waals surface area contributed by atoms with E-state index in [1.807, 2.05) is 0 Å². The molecule has 1 atom stereocenters. The lowest BCUT2D eigenvalue weighted by atomic mass is 9.85. The van der Waals surface area contributed by atoms with Crippen molar-refractivity contribution in [2.24, 2.45) is 11.7 Å². The summed E-state index contributed by atoms with van der Waals surface area (Å²) in [6.45, 7) is 3.22. The normalized spacial score (nSPS) is 19.9. The monoisotopic (exact) mass is 187 g/mol. The maximum Gasteiger partial charge on any atom is 0.300 e. The van der Waals surface area contributed by atoms with Gasteiger partial charge in [0.25, 0.3) is 5.97 Å². The van der Waals surface area contributed by atoms with Gasteiger partial charge in [0.1, 0.15) is 0 Å². The fourth-order valence-corrected chi connectivity index (χ4v) is 1.66. The highest BCUT2D eigenvalue weighted by atomic mass is 16.4. The third-order valence-corrected chi connectivity index (χ3v) is 2.39. The molecule has 0 spiro atoms. The fourth-order valence-electron chi connectivity index (χ4n) is 1.66. The van der Waals surface area contributed by atoms with Gasteiger partial charge in [0.2, 0.25) is 0 Å². The summed E-state index contributed by atoms with van der Waals surface area (Å²) in [5.41, 5.74) is 5.77. The Balaban J connectivity index is 0.000000310. The molecule has 0 radical (unpaired) electrons. The lowest BCUT2D eigenvalue weighted by Gasteiger charge is -2.24. The van der Waals surface area contributed by atoms with Gasteiger partial charge in [0.15, 0.2) is 0 Å². The van der Waals surface area contributed by atoms with Crippen LogP contribution in [0.4, 0.5) is 0 Å². The molecule has 3 heteroatoms. The molecule has 3 N–H and O–H groups in total. The van der Waals surface area contributed by atoms with E-state index in [4.69, 9.17) is 15.6 Å². The zero-order valence-corrected chi connectivity index (χ0v) is 8.62. The number of aliphatic carboxylic acids is 1. The van der Waals surface area contributed by atoms with Crippen molar-refractivity contribution in [1.29, 1.82) is 0 Å². The molecule has 1 aliphatic carbocycles. The van der Waals surface area contributed by atoms with Crippen molar-refractivity contribution in [3.05, 3.63) is 0 Å². The third kappa shape index (κ3) is 7.78. The zero-order chi connectivity index (χ0) is 10.3. The van der Waals surface area contributed by atoms with Crippen LogP contribution in [-0.4, -0.2) is 17.1 Å². The van der Waals surface area contributed by atoms with Gasteiger partial charge in [-0.3, -0.25) is 4.79 Å². The number of carboxylic acids is 1. The Bertz CT molecular complexity index is 136. The summed E-state index contributed by atoms with van der Waals surface area (Å²) in [6.07, 6.45) is 7.00. The molecule has 1 unspecified atom stereocenters. The molecule has 0 amide bonds. The predicted molar refractivity (Wildman–Crippen MR) is 53.5 cm³/mol. The molecular formula is C10H21NO2. The minimum Gasteiger partial charge on any atom is -0.481 e. The Labute approximate surface area is 80.3 Å². The molecule has 1 fully saturated rings. The fraction of sp³-hybridized carbons (Fsp3) is 0.900. The molecule has 0 aromatic carbocycles. The van der Waals surface area contributed by atoms with Crippen LogP contribution in [0.1, 0.15) is 46.0 Å². The van der Waals surface area contributed by atoms with Gasteiger partial charge in [-0.05, 0) is 25.7 Å². The van der Waals surface area contributed by atoms with Gasteiger partial charge in [0, 0.05) is 13.0 Å². The standard InChI is InChI=1S/C8H17N.C2H4O2/c1-7(9)8-5-3-2-4-6-8;1-2(3)4/h7-8H,2-6,9H2,1H3;1H3,(H,3,4). The Kier molecular flexibility index (Phi) is 6.59. The van der Waals surface area contributed by atoms with E-state index in [1.165, 1.54) is 32.1 Å². The number of nitrogens with two attached hydrogens (primary N) is 1. The summed E-state index contributed by atoms with van der Waals surface area (Å²) in [5, 5.41) is 7.42. The topological polar surface area (TPSA) is 63.3 Å². The minimum absolute atomic E-state index is 0.435. The molecule has 1 rings (SSSR count). The highest BCUT2D eigenvalue weighted by molar-refractivity contribution is 5.62. The van der Waals surface area contributed by atoms with Crippen molar-refractivity contribution in [2.75, 3.05) is 0 Å². The van der Waals surface area contributed by atoms with Crippen LogP contribution < -0.4 is 5.73 Å². The van der Waals surface area contributed by atoms with E-state index >= 15 is 0 Å². The molecule has 0 aliphatic heterocycles. The van der Waals surface area contributed by atoms with Gasteiger partial charge >= 0.3 is 0 Å². The van der Waals surface area contributed by atoms with E-state index in [-0.39, 0.29) is 0 Å². The first-order chi connectivity index (χ1) is 6.04. The van der Waals surface area contributed by atoms with Crippen molar-refractivity contribution in [3.8, 4) is 0 Å². The van der Waals surface area contributed by atoms with E-state index < -0.39 is 5.97 Å². The Morgan fingerprint density at radius 2 is 1.77 bits per heavy atom. The van der Waals surface area contributed by atoms with E-state index in [1.54, 1.807) is 0 Å². The van der Waals surface area contributed by atoms with Crippen LogP contribution in [0.15, 0.2) is 0 Å². The van der Waals surface area contributed by atoms with Gasteiger partial charge in [-0.1, -0.05) is 19.3 Å². The lowest BCUT2D eigenvalue weighted by Crippen LogP contribution is -2.27. The van der Waals surface area contributed by atoms with Gasteiger partial charge < -0.3 is 10.8 Å². The summed E-state index contributed by atoms with van der Waals surface area (Å²) in [5.74, 6) is -0.00116. The van der Waals surface area contributed by atoms with E-state index in [9.17, 15) is 0 Å². The molecule has 78 valence electrons. The number of carbonyl (C=O) groups is 1. The largest absolute Gasteiger partial charge is 0.481 e. The maximum absolute atomic E-state index is 9.00. The maximum atomic E-state index is 9.00. The minimum atomic E-state index is -0.833. The van der Waals surface area contributed by atoms with Crippen LogP contribution in [-0.2, 0) is 4.79 Å². The molecule has 0 saturated heterocycles. The van der Waals surface area contributed by atoms with Crippen molar-refractivity contribution < 1.29 is 9.90 Å². The van der Waals surface area contributed by atoms with Crippen LogP contribution >= 0.6 is 0 Å².